The highest BCUT2D eigenvalue weighted by Crippen LogP contribution is 2.22. The van der Waals surface area contributed by atoms with Gasteiger partial charge < -0.3 is 10.1 Å². The minimum absolute atomic E-state index is 0.254. The molecule has 2 aromatic carbocycles. The minimum Gasteiger partial charge on any atom is -0.462 e. The Morgan fingerprint density at radius 1 is 1.12 bits per heavy atom. The third-order valence-electron chi connectivity index (χ3n) is 3.08. The van der Waals surface area contributed by atoms with Gasteiger partial charge in [0.05, 0.1) is 22.8 Å². The first-order chi connectivity index (χ1) is 11.4. The summed E-state index contributed by atoms with van der Waals surface area (Å²) in [7, 11) is 0. The van der Waals surface area contributed by atoms with Crippen LogP contribution in [0.4, 0.5) is 5.69 Å². The number of rotatable bonds is 5. The van der Waals surface area contributed by atoms with Crippen molar-refractivity contribution >= 4 is 40.8 Å². The Hall–Kier alpha value is -2.04. The van der Waals surface area contributed by atoms with E-state index in [9.17, 15) is 9.59 Å². The zero-order chi connectivity index (χ0) is 17.7. The first-order valence-electron chi connectivity index (χ1n) is 7.40. The van der Waals surface area contributed by atoms with Gasteiger partial charge in [-0.05, 0) is 42.3 Å². The zero-order valence-corrected chi connectivity index (χ0v) is 14.8. The molecule has 0 saturated heterocycles. The summed E-state index contributed by atoms with van der Waals surface area (Å²) in [6.45, 7) is 4.26. The molecule has 2 rings (SSSR count). The second kappa shape index (κ2) is 8.18. The van der Waals surface area contributed by atoms with E-state index in [0.29, 0.717) is 28.4 Å². The standard InChI is InChI=1S/C18H17Cl2NO3/c1-11(2)10-24-18(23)12-4-3-5-14(8-12)21-17(22)15-7-6-13(19)9-16(15)20/h3-9,11H,10H2,1-2H3,(H,21,22). The number of carbonyl (C=O) groups is 2. The van der Waals surface area contributed by atoms with Gasteiger partial charge >= 0.3 is 5.97 Å². The van der Waals surface area contributed by atoms with Gasteiger partial charge in [-0.2, -0.15) is 0 Å². The molecule has 1 N–H and O–H groups in total. The molecule has 0 aliphatic rings. The number of benzene rings is 2. The van der Waals surface area contributed by atoms with Gasteiger partial charge in [-0.1, -0.05) is 43.1 Å². The molecule has 0 unspecified atom stereocenters. The number of carbonyl (C=O) groups excluding carboxylic acids is 2. The summed E-state index contributed by atoms with van der Waals surface area (Å²) in [6, 6.07) is 11.2. The molecule has 126 valence electrons. The molecule has 0 aromatic heterocycles. The topological polar surface area (TPSA) is 55.4 Å². The summed E-state index contributed by atoms with van der Waals surface area (Å²) in [5.41, 5.74) is 1.15. The van der Waals surface area contributed by atoms with Gasteiger partial charge in [-0.15, -0.1) is 0 Å². The normalized spacial score (nSPS) is 10.5. The Labute approximate surface area is 150 Å². The Kier molecular flexibility index (Phi) is 6.23. The van der Waals surface area contributed by atoms with Crippen LogP contribution in [0.2, 0.25) is 10.0 Å². The molecule has 0 radical (unpaired) electrons. The molecule has 0 heterocycles. The molecule has 4 nitrogen and oxygen atoms in total. The van der Waals surface area contributed by atoms with Gasteiger partial charge in [0.15, 0.2) is 0 Å². The number of amides is 1. The molecule has 0 fully saturated rings. The van der Waals surface area contributed by atoms with Crippen LogP contribution in [0, 0.1) is 5.92 Å². The smallest absolute Gasteiger partial charge is 0.338 e. The van der Waals surface area contributed by atoms with E-state index in [0.717, 1.165) is 0 Å². The Balaban J connectivity index is 2.11. The molecule has 0 bridgehead atoms. The summed E-state index contributed by atoms with van der Waals surface area (Å²) in [4.78, 5) is 24.3. The first kappa shape index (κ1) is 18.3. The average molecular weight is 366 g/mol. The van der Waals surface area contributed by atoms with Gasteiger partial charge in [0, 0.05) is 10.7 Å². The van der Waals surface area contributed by atoms with Crippen molar-refractivity contribution in [3.05, 3.63) is 63.6 Å². The zero-order valence-electron chi connectivity index (χ0n) is 13.3. The maximum atomic E-state index is 12.3. The SMILES string of the molecule is CC(C)COC(=O)c1cccc(NC(=O)c2ccc(Cl)cc2Cl)c1. The lowest BCUT2D eigenvalue weighted by Crippen LogP contribution is -2.14. The fourth-order valence-corrected chi connectivity index (χ4v) is 2.42. The van der Waals surface area contributed by atoms with Crippen LogP contribution < -0.4 is 5.32 Å². The molecule has 24 heavy (non-hydrogen) atoms. The van der Waals surface area contributed by atoms with Crippen molar-refractivity contribution < 1.29 is 14.3 Å². The second-order valence-corrected chi connectivity index (χ2v) is 6.50. The van der Waals surface area contributed by atoms with E-state index < -0.39 is 5.97 Å². The van der Waals surface area contributed by atoms with Crippen molar-refractivity contribution in [1.29, 1.82) is 0 Å². The van der Waals surface area contributed by atoms with E-state index in [4.69, 9.17) is 27.9 Å². The van der Waals surface area contributed by atoms with Crippen molar-refractivity contribution in [3.8, 4) is 0 Å². The molecule has 0 atom stereocenters. The largest absolute Gasteiger partial charge is 0.462 e. The van der Waals surface area contributed by atoms with Crippen molar-refractivity contribution in [2.24, 2.45) is 5.92 Å². The second-order valence-electron chi connectivity index (χ2n) is 5.65. The summed E-state index contributed by atoms with van der Waals surface area (Å²) in [6.07, 6.45) is 0. The van der Waals surface area contributed by atoms with Gasteiger partial charge in [0.1, 0.15) is 0 Å². The van der Waals surface area contributed by atoms with Crippen LogP contribution in [0.15, 0.2) is 42.5 Å². The number of hydrogen-bond donors (Lipinski definition) is 1. The van der Waals surface area contributed by atoms with Gasteiger partial charge in [-0.3, -0.25) is 4.79 Å². The van der Waals surface area contributed by atoms with Crippen LogP contribution in [0.25, 0.3) is 0 Å². The summed E-state index contributed by atoms with van der Waals surface area (Å²) < 4.78 is 5.18. The molecule has 0 spiro atoms. The maximum Gasteiger partial charge on any atom is 0.338 e. The van der Waals surface area contributed by atoms with Crippen molar-refractivity contribution in [1.82, 2.24) is 0 Å². The lowest BCUT2D eigenvalue weighted by atomic mass is 10.1. The van der Waals surface area contributed by atoms with Gasteiger partial charge in [-0.25, -0.2) is 4.79 Å². The van der Waals surface area contributed by atoms with Crippen LogP contribution in [-0.4, -0.2) is 18.5 Å². The highest BCUT2D eigenvalue weighted by atomic mass is 35.5. The minimum atomic E-state index is -0.427. The highest BCUT2D eigenvalue weighted by molar-refractivity contribution is 6.37. The first-order valence-corrected chi connectivity index (χ1v) is 8.16. The molecule has 2 aromatic rings. The average Bonchev–Trinajstić information content (AvgIpc) is 2.52. The number of nitrogens with one attached hydrogen (secondary N) is 1. The summed E-state index contributed by atoms with van der Waals surface area (Å²) >= 11 is 11.8. The monoisotopic (exact) mass is 365 g/mol. The third kappa shape index (κ3) is 4.98. The fourth-order valence-electron chi connectivity index (χ4n) is 1.92. The Morgan fingerprint density at radius 3 is 2.54 bits per heavy atom. The number of hydrogen-bond acceptors (Lipinski definition) is 3. The molecule has 6 heteroatoms. The Morgan fingerprint density at radius 2 is 1.88 bits per heavy atom. The van der Waals surface area contributed by atoms with Crippen LogP contribution in [-0.2, 0) is 4.74 Å². The molecule has 1 amide bonds. The van der Waals surface area contributed by atoms with E-state index >= 15 is 0 Å². The van der Waals surface area contributed by atoms with E-state index in [1.165, 1.54) is 6.07 Å². The summed E-state index contributed by atoms with van der Waals surface area (Å²) in [5.74, 6) is -0.558. The molecule has 0 saturated carbocycles. The molecular weight excluding hydrogens is 349 g/mol. The van der Waals surface area contributed by atoms with Crippen LogP contribution in [0.3, 0.4) is 0 Å². The van der Waals surface area contributed by atoms with E-state index in [-0.39, 0.29) is 16.8 Å². The van der Waals surface area contributed by atoms with Crippen LogP contribution in [0.5, 0.6) is 0 Å². The number of anilines is 1. The van der Waals surface area contributed by atoms with Gasteiger partial charge in [0.2, 0.25) is 0 Å². The maximum absolute atomic E-state index is 12.3. The highest BCUT2D eigenvalue weighted by Gasteiger charge is 2.13. The predicted octanol–water partition coefficient (Wildman–Crippen LogP) is 5.06. The van der Waals surface area contributed by atoms with Crippen molar-refractivity contribution in [2.75, 3.05) is 11.9 Å². The molecule has 0 aliphatic carbocycles. The Bertz CT molecular complexity index is 760. The van der Waals surface area contributed by atoms with E-state index in [1.807, 2.05) is 13.8 Å². The summed E-state index contributed by atoms with van der Waals surface area (Å²) in [5, 5.41) is 3.41. The van der Waals surface area contributed by atoms with Crippen LogP contribution >= 0.6 is 23.2 Å². The number of esters is 1. The number of halogens is 2. The lowest BCUT2D eigenvalue weighted by Gasteiger charge is -2.10. The van der Waals surface area contributed by atoms with Gasteiger partial charge in [0.25, 0.3) is 5.91 Å². The van der Waals surface area contributed by atoms with E-state index in [1.54, 1.807) is 36.4 Å². The number of ether oxygens (including phenoxy) is 1. The molecule has 0 aliphatic heterocycles. The predicted molar refractivity (Wildman–Crippen MR) is 96.0 cm³/mol. The third-order valence-corrected chi connectivity index (χ3v) is 3.63. The van der Waals surface area contributed by atoms with Crippen molar-refractivity contribution in [2.45, 2.75) is 13.8 Å². The lowest BCUT2D eigenvalue weighted by molar-refractivity contribution is 0.0459. The quantitative estimate of drug-likeness (QED) is 0.753. The molecular formula is C18H17Cl2NO3. The fraction of sp³-hybridized carbons (Fsp3) is 0.222. The van der Waals surface area contributed by atoms with Crippen LogP contribution in [0.1, 0.15) is 34.6 Å². The van der Waals surface area contributed by atoms with Crippen molar-refractivity contribution in [3.63, 3.8) is 0 Å². The van der Waals surface area contributed by atoms with E-state index in [2.05, 4.69) is 5.32 Å².